The molecule has 1 fully saturated rings. The molecule has 0 bridgehead atoms. The summed E-state index contributed by atoms with van der Waals surface area (Å²) in [5, 5.41) is 0. The van der Waals surface area contributed by atoms with Crippen LogP contribution in [0.25, 0.3) is 0 Å². The zero-order valence-electron chi connectivity index (χ0n) is 10.2. The predicted octanol–water partition coefficient (Wildman–Crippen LogP) is 4.24. The molecule has 2 rings (SSSR count). The van der Waals surface area contributed by atoms with Crippen molar-refractivity contribution in [2.75, 3.05) is 0 Å². The molecule has 2 aliphatic carbocycles. The Balaban J connectivity index is 2.05. The second-order valence-electron chi connectivity index (χ2n) is 5.72. The van der Waals surface area contributed by atoms with Gasteiger partial charge in [-0.05, 0) is 63.4 Å². The van der Waals surface area contributed by atoms with Crippen LogP contribution >= 0.6 is 0 Å². The maximum atomic E-state index is 6.05. The Labute approximate surface area is 94.3 Å². The lowest BCUT2D eigenvalue weighted by Gasteiger charge is -2.30. The molecule has 0 aromatic heterocycles. The molecule has 1 atom stereocenters. The summed E-state index contributed by atoms with van der Waals surface area (Å²) in [6, 6.07) is 0. The molecule has 0 radical (unpaired) electrons. The molecule has 0 amide bonds. The van der Waals surface area contributed by atoms with Crippen molar-refractivity contribution in [3.8, 4) is 0 Å². The average Bonchev–Trinajstić information content (AvgIpc) is 2.15. The van der Waals surface area contributed by atoms with Crippen molar-refractivity contribution >= 4 is 8.32 Å². The third-order valence-electron chi connectivity index (χ3n) is 3.15. The molecule has 1 saturated carbocycles. The maximum absolute atomic E-state index is 6.05. The summed E-state index contributed by atoms with van der Waals surface area (Å²) in [6.07, 6.45) is 11.3. The van der Waals surface area contributed by atoms with Crippen molar-refractivity contribution in [1.29, 1.82) is 0 Å². The van der Waals surface area contributed by atoms with E-state index in [-0.39, 0.29) is 0 Å². The molecule has 2 heteroatoms. The van der Waals surface area contributed by atoms with E-state index >= 15 is 0 Å². The van der Waals surface area contributed by atoms with Gasteiger partial charge in [0.2, 0.25) is 8.32 Å². The summed E-state index contributed by atoms with van der Waals surface area (Å²) in [7, 11) is -1.41. The van der Waals surface area contributed by atoms with Crippen LogP contribution in [-0.4, -0.2) is 8.32 Å². The van der Waals surface area contributed by atoms with Crippen molar-refractivity contribution < 1.29 is 4.43 Å². The standard InChI is InChI=1S/C13H22OSi/c1-15(2,3)14-13-9-8-11-6-4-5-7-12(11)10-13/h9-11H,4-8H2,1-3H3. The van der Waals surface area contributed by atoms with Gasteiger partial charge in [-0.15, -0.1) is 0 Å². The van der Waals surface area contributed by atoms with Crippen molar-refractivity contribution in [1.82, 2.24) is 0 Å². The fraction of sp³-hybridized carbons (Fsp3) is 0.692. The van der Waals surface area contributed by atoms with Crippen LogP contribution < -0.4 is 0 Å². The van der Waals surface area contributed by atoms with E-state index in [4.69, 9.17) is 4.43 Å². The summed E-state index contributed by atoms with van der Waals surface area (Å²) < 4.78 is 6.05. The lowest BCUT2D eigenvalue weighted by atomic mass is 9.80. The van der Waals surface area contributed by atoms with E-state index in [1.165, 1.54) is 32.1 Å². The zero-order chi connectivity index (χ0) is 10.9. The van der Waals surface area contributed by atoms with Crippen molar-refractivity contribution in [3.63, 3.8) is 0 Å². The minimum atomic E-state index is -1.41. The molecule has 1 nitrogen and oxygen atoms in total. The molecule has 0 N–H and O–H groups in total. The lowest BCUT2D eigenvalue weighted by molar-refractivity contribution is 0.401. The Morgan fingerprint density at radius 3 is 2.80 bits per heavy atom. The van der Waals surface area contributed by atoms with Gasteiger partial charge in [-0.3, -0.25) is 0 Å². The van der Waals surface area contributed by atoms with Gasteiger partial charge in [0, 0.05) is 0 Å². The molecule has 84 valence electrons. The first-order valence-corrected chi connectivity index (χ1v) is 9.55. The smallest absolute Gasteiger partial charge is 0.242 e. The molecule has 0 aromatic rings. The fourth-order valence-electron chi connectivity index (χ4n) is 2.49. The number of fused-ring (bicyclic) bond motifs is 1. The highest BCUT2D eigenvalue weighted by atomic mass is 28.4. The maximum Gasteiger partial charge on any atom is 0.242 e. The van der Waals surface area contributed by atoms with E-state index in [0.29, 0.717) is 0 Å². The first-order valence-electron chi connectivity index (χ1n) is 6.14. The molecule has 0 saturated heterocycles. The van der Waals surface area contributed by atoms with E-state index < -0.39 is 8.32 Å². The Morgan fingerprint density at radius 2 is 2.07 bits per heavy atom. The predicted molar refractivity (Wildman–Crippen MR) is 67.2 cm³/mol. The van der Waals surface area contributed by atoms with Gasteiger partial charge >= 0.3 is 0 Å². The second-order valence-corrected chi connectivity index (χ2v) is 10.1. The number of hydrogen-bond donors (Lipinski definition) is 0. The normalized spacial score (nSPS) is 26.5. The first-order chi connectivity index (χ1) is 7.04. The van der Waals surface area contributed by atoms with Crippen molar-refractivity contribution in [3.05, 3.63) is 23.5 Å². The lowest BCUT2D eigenvalue weighted by Crippen LogP contribution is -2.25. The van der Waals surface area contributed by atoms with Crippen LogP contribution in [-0.2, 0) is 4.43 Å². The molecule has 1 unspecified atom stereocenters. The quantitative estimate of drug-likeness (QED) is 0.635. The largest absolute Gasteiger partial charge is 0.545 e. The third kappa shape index (κ3) is 2.97. The van der Waals surface area contributed by atoms with Crippen molar-refractivity contribution in [2.24, 2.45) is 5.92 Å². The zero-order valence-corrected chi connectivity index (χ0v) is 11.2. The van der Waals surface area contributed by atoms with Crippen LogP contribution in [0.2, 0.25) is 19.6 Å². The molecule has 0 aromatic carbocycles. The summed E-state index contributed by atoms with van der Waals surface area (Å²) in [4.78, 5) is 0. The van der Waals surface area contributed by atoms with Gasteiger partial charge in [0.15, 0.2) is 0 Å². The van der Waals surface area contributed by atoms with Crippen LogP contribution in [0.5, 0.6) is 0 Å². The van der Waals surface area contributed by atoms with Gasteiger partial charge in [-0.25, -0.2) is 0 Å². The molecule has 2 aliphatic rings. The van der Waals surface area contributed by atoms with Crippen LogP contribution in [0.4, 0.5) is 0 Å². The number of rotatable bonds is 2. The van der Waals surface area contributed by atoms with Crippen molar-refractivity contribution in [2.45, 2.75) is 51.7 Å². The minimum Gasteiger partial charge on any atom is -0.545 e. The van der Waals surface area contributed by atoms with Gasteiger partial charge < -0.3 is 4.43 Å². The highest BCUT2D eigenvalue weighted by molar-refractivity contribution is 6.70. The Morgan fingerprint density at radius 1 is 1.27 bits per heavy atom. The molecular formula is C13H22OSi. The van der Waals surface area contributed by atoms with Crippen LogP contribution in [0, 0.1) is 5.92 Å². The van der Waals surface area contributed by atoms with Crippen LogP contribution in [0.3, 0.4) is 0 Å². The number of allylic oxidation sites excluding steroid dienone is 3. The Kier molecular flexibility index (Phi) is 3.05. The molecule has 0 aliphatic heterocycles. The van der Waals surface area contributed by atoms with Gasteiger partial charge in [0.05, 0.1) is 5.76 Å². The molecule has 15 heavy (non-hydrogen) atoms. The first kappa shape index (κ1) is 11.0. The fourth-order valence-corrected chi connectivity index (χ4v) is 3.34. The molecule has 0 spiro atoms. The summed E-state index contributed by atoms with van der Waals surface area (Å²) in [6.45, 7) is 6.75. The van der Waals surface area contributed by atoms with E-state index in [1.807, 2.05) is 0 Å². The van der Waals surface area contributed by atoms with Crippen LogP contribution in [0.1, 0.15) is 32.1 Å². The van der Waals surface area contributed by atoms with Gasteiger partial charge in [-0.2, -0.15) is 0 Å². The van der Waals surface area contributed by atoms with E-state index in [0.717, 1.165) is 11.7 Å². The minimum absolute atomic E-state index is 0.840. The van der Waals surface area contributed by atoms with Gasteiger partial charge in [-0.1, -0.05) is 12.0 Å². The molecule has 0 heterocycles. The van der Waals surface area contributed by atoms with Gasteiger partial charge in [0.25, 0.3) is 0 Å². The topological polar surface area (TPSA) is 9.23 Å². The van der Waals surface area contributed by atoms with Crippen LogP contribution in [0.15, 0.2) is 23.5 Å². The van der Waals surface area contributed by atoms with Gasteiger partial charge in [0.1, 0.15) is 0 Å². The highest BCUT2D eigenvalue weighted by Gasteiger charge is 2.24. The van der Waals surface area contributed by atoms with E-state index in [2.05, 4.69) is 31.8 Å². The Bertz CT molecular complexity index is 296. The highest BCUT2D eigenvalue weighted by Crippen LogP contribution is 2.36. The third-order valence-corrected chi connectivity index (χ3v) is 4.00. The van der Waals surface area contributed by atoms with E-state index in [9.17, 15) is 0 Å². The summed E-state index contributed by atoms with van der Waals surface area (Å²) >= 11 is 0. The SMILES string of the molecule is C[Si](C)(C)OC1=CCC2CCCCC2=C1. The Hall–Kier alpha value is -0.503. The van der Waals surface area contributed by atoms with E-state index in [1.54, 1.807) is 5.57 Å². The number of hydrogen-bond acceptors (Lipinski definition) is 1. The summed E-state index contributed by atoms with van der Waals surface area (Å²) in [5.41, 5.74) is 1.65. The summed E-state index contributed by atoms with van der Waals surface area (Å²) in [5.74, 6) is 2.00. The monoisotopic (exact) mass is 222 g/mol. The average molecular weight is 222 g/mol. The molecular weight excluding hydrogens is 200 g/mol. The second kappa shape index (κ2) is 4.16.